The number of benzene rings is 3. The third-order valence-corrected chi connectivity index (χ3v) is 6.67. The van der Waals surface area contributed by atoms with Crippen LogP contribution < -0.4 is 9.47 Å². The molecule has 0 saturated heterocycles. The molecular weight excluding hydrogens is 496 g/mol. The molecule has 0 spiro atoms. The van der Waals surface area contributed by atoms with Crippen molar-refractivity contribution in [3.8, 4) is 28.6 Å². The molecule has 0 amide bonds. The minimum Gasteiger partial charge on any atom is -0.508 e. The van der Waals surface area contributed by atoms with Crippen molar-refractivity contribution in [1.29, 1.82) is 0 Å². The van der Waals surface area contributed by atoms with Crippen molar-refractivity contribution >= 4 is 27.0 Å². The molecule has 1 aromatic heterocycles. The lowest BCUT2D eigenvalue weighted by molar-refractivity contribution is 0.188. The first kappa shape index (κ1) is 24.1. The molecule has 34 heavy (non-hydrogen) atoms. The van der Waals surface area contributed by atoms with Crippen LogP contribution in [0, 0.1) is 0 Å². The summed E-state index contributed by atoms with van der Waals surface area (Å²) in [6, 6.07) is 17.3. The topological polar surface area (TPSA) is 65.7 Å². The molecule has 0 fully saturated rings. The number of ether oxygens (including phenoxy) is 3. The second-order valence-electron chi connectivity index (χ2n) is 8.39. The Balaban J connectivity index is 1.80. The fourth-order valence-electron chi connectivity index (χ4n) is 3.93. The number of rotatable bonds is 9. The molecule has 0 aliphatic heterocycles. The zero-order valence-electron chi connectivity index (χ0n) is 19.8. The van der Waals surface area contributed by atoms with Gasteiger partial charge in [0.05, 0.1) is 18.2 Å². The van der Waals surface area contributed by atoms with Gasteiger partial charge >= 0.3 is 0 Å². The minimum atomic E-state index is 0.162. The number of imidazole rings is 1. The van der Waals surface area contributed by atoms with E-state index in [9.17, 15) is 5.11 Å². The van der Waals surface area contributed by atoms with E-state index in [-0.39, 0.29) is 5.75 Å². The molecule has 0 aliphatic carbocycles. The summed E-state index contributed by atoms with van der Waals surface area (Å²) >= 11 is 3.76. The van der Waals surface area contributed by atoms with Gasteiger partial charge in [-0.15, -0.1) is 0 Å². The molecule has 0 atom stereocenters. The van der Waals surface area contributed by atoms with Gasteiger partial charge in [-0.3, -0.25) is 0 Å². The van der Waals surface area contributed by atoms with E-state index in [0.29, 0.717) is 37.2 Å². The van der Waals surface area contributed by atoms with Crippen LogP contribution in [-0.4, -0.2) is 35.5 Å². The quantitative estimate of drug-likeness (QED) is 0.269. The summed E-state index contributed by atoms with van der Waals surface area (Å²) in [4.78, 5) is 5.03. The predicted molar refractivity (Wildman–Crippen MR) is 138 cm³/mol. The molecule has 0 unspecified atom stereocenters. The van der Waals surface area contributed by atoms with Crippen molar-refractivity contribution in [2.24, 2.45) is 0 Å². The van der Waals surface area contributed by atoms with Crippen LogP contribution in [0.3, 0.4) is 0 Å². The Bertz CT molecular complexity index is 1280. The molecule has 7 heteroatoms. The number of halogens is 1. The second-order valence-corrected chi connectivity index (χ2v) is 9.18. The number of nitrogens with zero attached hydrogens (tertiary/aromatic N) is 2. The molecule has 0 aliphatic rings. The molecule has 178 valence electrons. The number of hydrogen-bond acceptors (Lipinski definition) is 5. The first-order chi connectivity index (χ1) is 16.4. The molecule has 1 heterocycles. The zero-order chi connectivity index (χ0) is 24.2. The van der Waals surface area contributed by atoms with E-state index in [1.54, 1.807) is 32.4 Å². The third kappa shape index (κ3) is 4.91. The van der Waals surface area contributed by atoms with E-state index < -0.39 is 0 Å². The van der Waals surface area contributed by atoms with Crippen LogP contribution in [0.4, 0.5) is 0 Å². The van der Waals surface area contributed by atoms with Crippen molar-refractivity contribution in [1.82, 2.24) is 9.55 Å². The Kier molecular flexibility index (Phi) is 7.44. The van der Waals surface area contributed by atoms with E-state index >= 15 is 0 Å². The van der Waals surface area contributed by atoms with Gasteiger partial charge in [-0.05, 0) is 45.6 Å². The largest absolute Gasteiger partial charge is 0.508 e. The predicted octanol–water partition coefficient (Wildman–Crippen LogP) is 6.53. The summed E-state index contributed by atoms with van der Waals surface area (Å²) in [5, 5.41) is 9.72. The summed E-state index contributed by atoms with van der Waals surface area (Å²) in [5.74, 6) is 2.77. The molecule has 4 aromatic rings. The van der Waals surface area contributed by atoms with Crippen molar-refractivity contribution in [3.63, 3.8) is 0 Å². The van der Waals surface area contributed by atoms with Gasteiger partial charge in [-0.2, -0.15) is 0 Å². The smallest absolute Gasteiger partial charge is 0.145 e. The van der Waals surface area contributed by atoms with Crippen LogP contribution in [0.15, 0.2) is 59.1 Å². The average Bonchev–Trinajstić information content (AvgIpc) is 3.22. The third-order valence-electron chi connectivity index (χ3n) is 5.78. The lowest BCUT2D eigenvalue weighted by Gasteiger charge is -2.14. The van der Waals surface area contributed by atoms with Gasteiger partial charge in [-0.1, -0.05) is 44.2 Å². The average molecular weight is 525 g/mol. The zero-order valence-corrected chi connectivity index (χ0v) is 21.4. The Morgan fingerprint density at radius 3 is 2.47 bits per heavy atom. The standard InChI is InChI=1S/C27H29BrN2O4/c1-17(2)18-8-10-19(11-9-18)27-29-25-24(28)20(16-34-22-7-5-6-21(31)15-22)14-23(33-4)26(25)30(27)12-13-32-3/h5-11,14-15,17,31H,12-13,16H2,1-4H3. The SMILES string of the molecule is COCCn1c(-c2ccc(C(C)C)cc2)nc2c(Br)c(COc3cccc(O)c3)cc(OC)c21. The van der Waals surface area contributed by atoms with Gasteiger partial charge < -0.3 is 23.9 Å². The van der Waals surface area contributed by atoms with Gasteiger partial charge in [0, 0.05) is 30.8 Å². The van der Waals surface area contributed by atoms with Crippen molar-refractivity contribution in [2.45, 2.75) is 32.9 Å². The van der Waals surface area contributed by atoms with E-state index in [1.807, 2.05) is 12.1 Å². The first-order valence-electron chi connectivity index (χ1n) is 11.2. The van der Waals surface area contributed by atoms with Crippen LogP contribution in [-0.2, 0) is 17.9 Å². The molecule has 0 bridgehead atoms. The highest BCUT2D eigenvalue weighted by Gasteiger charge is 2.21. The number of phenolic OH excluding ortho intramolecular Hbond substituents is 1. The summed E-state index contributed by atoms with van der Waals surface area (Å²) < 4.78 is 20.1. The molecule has 6 nitrogen and oxygen atoms in total. The maximum atomic E-state index is 9.72. The Labute approximate surface area is 208 Å². The minimum absolute atomic E-state index is 0.162. The monoisotopic (exact) mass is 524 g/mol. The first-order valence-corrected chi connectivity index (χ1v) is 12.0. The summed E-state index contributed by atoms with van der Waals surface area (Å²) in [5.41, 5.74) is 4.91. The number of aromatic hydroxyl groups is 1. The lowest BCUT2D eigenvalue weighted by atomic mass is 10.0. The van der Waals surface area contributed by atoms with E-state index in [4.69, 9.17) is 19.2 Å². The normalized spacial score (nSPS) is 11.4. The van der Waals surface area contributed by atoms with Crippen molar-refractivity contribution in [3.05, 3.63) is 70.2 Å². The van der Waals surface area contributed by atoms with Crippen LogP contribution in [0.25, 0.3) is 22.4 Å². The van der Waals surface area contributed by atoms with Crippen molar-refractivity contribution < 1.29 is 19.3 Å². The van der Waals surface area contributed by atoms with Crippen LogP contribution in [0.1, 0.15) is 30.9 Å². The molecule has 4 rings (SSSR count). The van der Waals surface area contributed by atoms with Crippen molar-refractivity contribution in [2.75, 3.05) is 20.8 Å². The van der Waals surface area contributed by atoms with Gasteiger partial charge in [0.15, 0.2) is 0 Å². The molecule has 3 aromatic carbocycles. The molecule has 0 radical (unpaired) electrons. The molecular formula is C27H29BrN2O4. The van der Waals surface area contributed by atoms with E-state index in [2.05, 4.69) is 58.6 Å². The number of phenols is 1. The molecule has 1 N–H and O–H groups in total. The number of fused-ring (bicyclic) bond motifs is 1. The summed E-state index contributed by atoms with van der Waals surface area (Å²) in [6.07, 6.45) is 0. The summed E-state index contributed by atoms with van der Waals surface area (Å²) in [6.45, 7) is 5.85. The van der Waals surface area contributed by atoms with E-state index in [0.717, 1.165) is 32.5 Å². The lowest BCUT2D eigenvalue weighted by Crippen LogP contribution is -2.07. The van der Waals surface area contributed by atoms with E-state index in [1.165, 1.54) is 5.56 Å². The highest BCUT2D eigenvalue weighted by Crippen LogP contribution is 2.38. The molecule has 0 saturated carbocycles. The van der Waals surface area contributed by atoms with Gasteiger partial charge in [0.1, 0.15) is 40.7 Å². The number of hydrogen-bond donors (Lipinski definition) is 1. The van der Waals surface area contributed by atoms with Crippen LogP contribution in [0.5, 0.6) is 17.2 Å². The summed E-state index contributed by atoms with van der Waals surface area (Å²) in [7, 11) is 3.35. The fraction of sp³-hybridized carbons (Fsp3) is 0.296. The second kappa shape index (κ2) is 10.5. The number of aromatic nitrogens is 2. The number of methoxy groups -OCH3 is 2. The highest BCUT2D eigenvalue weighted by atomic mass is 79.9. The maximum absolute atomic E-state index is 9.72. The Hall–Kier alpha value is -3.03. The fourth-order valence-corrected chi connectivity index (χ4v) is 4.44. The maximum Gasteiger partial charge on any atom is 0.145 e. The Morgan fingerprint density at radius 1 is 1.06 bits per heavy atom. The highest BCUT2D eigenvalue weighted by molar-refractivity contribution is 9.10. The van der Waals surface area contributed by atoms with Gasteiger partial charge in [0.25, 0.3) is 0 Å². The Morgan fingerprint density at radius 2 is 1.82 bits per heavy atom. The van der Waals surface area contributed by atoms with Crippen LogP contribution in [0.2, 0.25) is 0 Å². The van der Waals surface area contributed by atoms with Crippen LogP contribution >= 0.6 is 15.9 Å². The van der Waals surface area contributed by atoms with Gasteiger partial charge in [-0.25, -0.2) is 4.98 Å². The van der Waals surface area contributed by atoms with Gasteiger partial charge in [0.2, 0.25) is 0 Å².